The number of thioether (sulfide) groups is 1. The van der Waals surface area contributed by atoms with Crippen LogP contribution in [0, 0.1) is 5.92 Å². The molecule has 1 aliphatic heterocycles. The minimum atomic E-state index is 0.0877. The number of para-hydroxylation sites is 1. The fourth-order valence-electron chi connectivity index (χ4n) is 6.47. The standard InChI is InChI=1S/C33H40N6O2S/c1-24-22-37(19-20-38(24)32(41)26-14-6-3-7-15-26)29(40)18-10-11-21-42-33-34-31-30(35-36-33)27-16-8-9-17-28(27)39(31)23-25-12-4-2-5-13-25/h2,4-5,8-9,12-13,16-17,24,26H,3,6-7,10-11,14-15,18-23H2,1H3. The van der Waals surface area contributed by atoms with E-state index in [9.17, 15) is 9.59 Å². The number of amides is 2. The largest absolute Gasteiger partial charge is 0.339 e. The van der Waals surface area contributed by atoms with Gasteiger partial charge in [0, 0.05) is 55.7 Å². The molecular weight excluding hydrogens is 544 g/mol. The second-order valence-electron chi connectivity index (χ2n) is 11.7. The number of rotatable bonds is 9. The summed E-state index contributed by atoms with van der Waals surface area (Å²) in [7, 11) is 0. The van der Waals surface area contributed by atoms with Crippen molar-refractivity contribution in [1.29, 1.82) is 0 Å². The summed E-state index contributed by atoms with van der Waals surface area (Å²) in [5.74, 6) is 1.52. The molecule has 2 aliphatic rings. The quantitative estimate of drug-likeness (QED) is 0.179. The Labute approximate surface area is 251 Å². The average Bonchev–Trinajstić information content (AvgIpc) is 3.34. The Hall–Kier alpha value is -3.46. The number of aromatic nitrogens is 4. The minimum Gasteiger partial charge on any atom is -0.339 e. The zero-order chi connectivity index (χ0) is 28.9. The number of piperazine rings is 1. The molecule has 1 unspecified atom stereocenters. The lowest BCUT2D eigenvalue weighted by atomic mass is 9.88. The lowest BCUT2D eigenvalue weighted by Gasteiger charge is -2.41. The summed E-state index contributed by atoms with van der Waals surface area (Å²) in [6.07, 6.45) is 7.89. The van der Waals surface area contributed by atoms with E-state index in [1.807, 2.05) is 28.0 Å². The van der Waals surface area contributed by atoms with Crippen LogP contribution in [0.5, 0.6) is 0 Å². The number of carbonyl (C=O) groups is 2. The van der Waals surface area contributed by atoms with Crippen molar-refractivity contribution < 1.29 is 9.59 Å². The van der Waals surface area contributed by atoms with E-state index >= 15 is 0 Å². The van der Waals surface area contributed by atoms with Crippen LogP contribution in [-0.2, 0) is 16.1 Å². The van der Waals surface area contributed by atoms with Gasteiger partial charge >= 0.3 is 0 Å². The number of hydrogen-bond donors (Lipinski definition) is 0. The van der Waals surface area contributed by atoms with Crippen molar-refractivity contribution in [2.75, 3.05) is 25.4 Å². The predicted molar refractivity (Wildman–Crippen MR) is 167 cm³/mol. The molecule has 0 spiro atoms. The number of nitrogens with zero attached hydrogens (tertiary/aromatic N) is 6. The van der Waals surface area contributed by atoms with Gasteiger partial charge < -0.3 is 14.4 Å². The van der Waals surface area contributed by atoms with Crippen LogP contribution in [0.4, 0.5) is 0 Å². The van der Waals surface area contributed by atoms with Crippen molar-refractivity contribution >= 4 is 45.6 Å². The highest BCUT2D eigenvalue weighted by Gasteiger charge is 2.33. The zero-order valence-electron chi connectivity index (χ0n) is 24.5. The Morgan fingerprint density at radius 1 is 0.929 bits per heavy atom. The van der Waals surface area contributed by atoms with Gasteiger partial charge in [-0.25, -0.2) is 4.98 Å². The number of benzene rings is 2. The van der Waals surface area contributed by atoms with Crippen LogP contribution < -0.4 is 0 Å². The maximum Gasteiger partial charge on any atom is 0.226 e. The summed E-state index contributed by atoms with van der Waals surface area (Å²) < 4.78 is 2.22. The first-order valence-corrected chi connectivity index (χ1v) is 16.4. The lowest BCUT2D eigenvalue weighted by Crippen LogP contribution is -2.56. The van der Waals surface area contributed by atoms with Crippen LogP contribution in [0.25, 0.3) is 22.1 Å². The molecule has 1 aliphatic carbocycles. The Bertz CT molecular complexity index is 1530. The van der Waals surface area contributed by atoms with E-state index in [1.54, 1.807) is 11.8 Å². The van der Waals surface area contributed by atoms with E-state index in [4.69, 9.17) is 4.98 Å². The van der Waals surface area contributed by atoms with Crippen molar-refractivity contribution in [3.05, 3.63) is 60.2 Å². The van der Waals surface area contributed by atoms with Gasteiger partial charge in [0.25, 0.3) is 0 Å². The van der Waals surface area contributed by atoms with Gasteiger partial charge in [-0.3, -0.25) is 9.59 Å². The molecule has 0 radical (unpaired) electrons. The molecule has 1 saturated heterocycles. The van der Waals surface area contributed by atoms with Gasteiger partial charge in [-0.15, -0.1) is 10.2 Å². The summed E-state index contributed by atoms with van der Waals surface area (Å²) in [5.41, 5.74) is 3.99. The molecule has 8 nitrogen and oxygen atoms in total. The molecule has 1 atom stereocenters. The van der Waals surface area contributed by atoms with Gasteiger partial charge in [0.15, 0.2) is 5.65 Å². The van der Waals surface area contributed by atoms with Crippen molar-refractivity contribution in [3.8, 4) is 0 Å². The summed E-state index contributed by atoms with van der Waals surface area (Å²) >= 11 is 1.60. The number of hydrogen-bond acceptors (Lipinski definition) is 6. The molecule has 220 valence electrons. The molecule has 6 rings (SSSR count). The Morgan fingerprint density at radius 3 is 2.52 bits per heavy atom. The van der Waals surface area contributed by atoms with E-state index in [0.29, 0.717) is 37.1 Å². The number of carbonyl (C=O) groups excluding carboxylic acids is 2. The molecular formula is C33H40N6O2S. The summed E-state index contributed by atoms with van der Waals surface area (Å²) in [5, 5.41) is 10.7. The average molecular weight is 585 g/mol. The Morgan fingerprint density at radius 2 is 1.71 bits per heavy atom. The van der Waals surface area contributed by atoms with Crippen LogP contribution in [0.1, 0.15) is 63.9 Å². The van der Waals surface area contributed by atoms with Crippen LogP contribution in [-0.4, -0.2) is 72.8 Å². The molecule has 2 amide bonds. The van der Waals surface area contributed by atoms with Crippen molar-refractivity contribution in [1.82, 2.24) is 29.5 Å². The third-order valence-electron chi connectivity index (χ3n) is 8.77. The zero-order valence-corrected chi connectivity index (χ0v) is 25.3. The molecule has 2 aromatic heterocycles. The van der Waals surface area contributed by atoms with E-state index in [2.05, 4.69) is 58.1 Å². The van der Waals surface area contributed by atoms with E-state index in [0.717, 1.165) is 72.9 Å². The van der Waals surface area contributed by atoms with Crippen molar-refractivity contribution in [2.24, 2.45) is 5.92 Å². The van der Waals surface area contributed by atoms with Crippen molar-refractivity contribution in [3.63, 3.8) is 0 Å². The maximum absolute atomic E-state index is 13.0. The van der Waals surface area contributed by atoms with E-state index in [-0.39, 0.29) is 17.9 Å². The maximum atomic E-state index is 13.0. The predicted octanol–water partition coefficient (Wildman–Crippen LogP) is 5.93. The van der Waals surface area contributed by atoms with Gasteiger partial charge in [0.1, 0.15) is 5.52 Å². The lowest BCUT2D eigenvalue weighted by molar-refractivity contribution is -0.146. The highest BCUT2D eigenvalue weighted by atomic mass is 32.2. The first-order valence-electron chi connectivity index (χ1n) is 15.4. The third-order valence-corrected chi connectivity index (χ3v) is 9.70. The van der Waals surface area contributed by atoms with Crippen molar-refractivity contribution in [2.45, 2.75) is 76.0 Å². The summed E-state index contributed by atoms with van der Waals surface area (Å²) in [6.45, 7) is 4.75. The summed E-state index contributed by atoms with van der Waals surface area (Å²) in [4.78, 5) is 34.9. The molecule has 1 saturated carbocycles. The van der Waals surface area contributed by atoms with Crippen LogP contribution >= 0.6 is 11.8 Å². The number of unbranched alkanes of at least 4 members (excludes halogenated alkanes) is 1. The first-order chi connectivity index (χ1) is 20.6. The second kappa shape index (κ2) is 13.2. The van der Waals surface area contributed by atoms with Gasteiger partial charge in [0.05, 0.1) is 5.52 Å². The second-order valence-corrected chi connectivity index (χ2v) is 12.8. The monoisotopic (exact) mass is 584 g/mol. The fourth-order valence-corrected chi connectivity index (χ4v) is 7.25. The first kappa shape index (κ1) is 28.6. The minimum absolute atomic E-state index is 0.0877. The Kier molecular flexibility index (Phi) is 9.03. The molecule has 0 N–H and O–H groups in total. The van der Waals surface area contributed by atoms with Crippen LogP contribution in [0.15, 0.2) is 59.8 Å². The van der Waals surface area contributed by atoms with Gasteiger partial charge in [-0.1, -0.05) is 79.6 Å². The normalized spacial score (nSPS) is 18.2. The topological polar surface area (TPSA) is 84.2 Å². The van der Waals surface area contributed by atoms with Gasteiger partial charge in [-0.05, 0) is 44.2 Å². The Balaban J connectivity index is 1.00. The molecule has 3 heterocycles. The molecule has 2 aromatic carbocycles. The van der Waals surface area contributed by atoms with Gasteiger partial charge in [-0.2, -0.15) is 0 Å². The summed E-state index contributed by atoms with van der Waals surface area (Å²) in [6, 6.07) is 18.8. The third kappa shape index (κ3) is 6.31. The van der Waals surface area contributed by atoms with Crippen LogP contribution in [0.2, 0.25) is 0 Å². The highest BCUT2D eigenvalue weighted by molar-refractivity contribution is 7.99. The smallest absolute Gasteiger partial charge is 0.226 e. The highest BCUT2D eigenvalue weighted by Crippen LogP contribution is 2.29. The number of fused-ring (bicyclic) bond motifs is 3. The molecule has 4 aromatic rings. The SMILES string of the molecule is CC1CN(C(=O)CCCCSc2nnc3c4ccccc4n(Cc4ccccc4)c3n2)CCN1C(=O)C1CCCCC1. The fraction of sp³-hybridized carbons (Fsp3) is 0.485. The molecule has 42 heavy (non-hydrogen) atoms. The molecule has 2 fully saturated rings. The van der Waals surface area contributed by atoms with E-state index < -0.39 is 0 Å². The molecule has 9 heteroatoms. The van der Waals surface area contributed by atoms with E-state index in [1.165, 1.54) is 12.0 Å². The van der Waals surface area contributed by atoms with Crippen LogP contribution in [0.3, 0.4) is 0 Å². The van der Waals surface area contributed by atoms with Gasteiger partial charge in [0.2, 0.25) is 17.0 Å². The molecule has 0 bridgehead atoms.